The van der Waals surface area contributed by atoms with Gasteiger partial charge in [0.2, 0.25) is 5.91 Å². The Bertz CT molecular complexity index is 434. The lowest BCUT2D eigenvalue weighted by molar-refractivity contribution is -0.136. The highest BCUT2D eigenvalue weighted by molar-refractivity contribution is 5.77. The minimum absolute atomic E-state index is 0.0101. The number of methoxy groups -OCH3 is 2. The molecule has 5 heteroatoms. The quantitative estimate of drug-likeness (QED) is 0.732. The topological polar surface area (TPSA) is 48.0 Å². The molecule has 20 heavy (non-hydrogen) atoms. The lowest BCUT2D eigenvalue weighted by atomic mass is 10.2. The van der Waals surface area contributed by atoms with E-state index in [1.807, 2.05) is 32.0 Å². The summed E-state index contributed by atoms with van der Waals surface area (Å²) in [5, 5.41) is 0. The molecule has 1 aromatic rings. The van der Waals surface area contributed by atoms with Crippen LogP contribution in [0.4, 0.5) is 0 Å². The molecule has 0 aliphatic heterocycles. The third-order valence-corrected chi connectivity index (χ3v) is 2.99. The summed E-state index contributed by atoms with van der Waals surface area (Å²) in [7, 11) is 3.20. The van der Waals surface area contributed by atoms with Crippen LogP contribution in [-0.4, -0.2) is 44.8 Å². The van der Waals surface area contributed by atoms with Crippen LogP contribution in [0.2, 0.25) is 0 Å². The Kier molecular flexibility index (Phi) is 6.87. The molecular formula is C15H23NO4. The van der Waals surface area contributed by atoms with Crippen molar-refractivity contribution in [1.82, 2.24) is 4.90 Å². The van der Waals surface area contributed by atoms with Gasteiger partial charge in [0.25, 0.3) is 0 Å². The van der Waals surface area contributed by atoms with Crippen LogP contribution < -0.4 is 9.47 Å². The second kappa shape index (κ2) is 8.43. The van der Waals surface area contributed by atoms with Crippen molar-refractivity contribution < 1.29 is 19.0 Å². The molecule has 0 heterocycles. The highest BCUT2D eigenvalue weighted by atomic mass is 16.5. The zero-order valence-corrected chi connectivity index (χ0v) is 12.6. The third kappa shape index (κ3) is 4.42. The van der Waals surface area contributed by atoms with Gasteiger partial charge in [0, 0.05) is 19.7 Å². The Morgan fingerprint density at radius 2 is 1.85 bits per heavy atom. The maximum Gasteiger partial charge on any atom is 0.248 e. The molecule has 0 saturated heterocycles. The summed E-state index contributed by atoms with van der Waals surface area (Å²) in [5.41, 5.74) is 0.995. The molecule has 0 aliphatic rings. The van der Waals surface area contributed by atoms with Crippen LogP contribution in [0.1, 0.15) is 19.4 Å². The van der Waals surface area contributed by atoms with Crippen molar-refractivity contribution in [2.24, 2.45) is 0 Å². The molecule has 0 bridgehead atoms. The second-order valence-electron chi connectivity index (χ2n) is 4.23. The fourth-order valence-electron chi connectivity index (χ4n) is 1.86. The maximum atomic E-state index is 12.0. The maximum absolute atomic E-state index is 12.0. The van der Waals surface area contributed by atoms with Crippen molar-refractivity contribution in [2.75, 3.05) is 34.0 Å². The molecule has 0 aromatic heterocycles. The summed E-state index contributed by atoms with van der Waals surface area (Å²) >= 11 is 0. The van der Waals surface area contributed by atoms with E-state index in [1.165, 1.54) is 0 Å². The number of likely N-dealkylation sites (N-methyl/N-ethyl adjacent to an activating group) is 1. The number of rotatable bonds is 8. The van der Waals surface area contributed by atoms with E-state index in [0.29, 0.717) is 31.2 Å². The largest absolute Gasteiger partial charge is 0.493 e. The van der Waals surface area contributed by atoms with Crippen molar-refractivity contribution >= 4 is 5.91 Å². The number of amides is 1. The van der Waals surface area contributed by atoms with E-state index in [4.69, 9.17) is 14.2 Å². The Morgan fingerprint density at radius 3 is 2.40 bits per heavy atom. The average Bonchev–Trinajstić information content (AvgIpc) is 2.49. The van der Waals surface area contributed by atoms with Gasteiger partial charge in [-0.2, -0.15) is 0 Å². The Balaban J connectivity index is 2.77. The van der Waals surface area contributed by atoms with E-state index in [9.17, 15) is 4.79 Å². The van der Waals surface area contributed by atoms with Gasteiger partial charge in [0.1, 0.15) is 6.61 Å². The molecule has 0 unspecified atom stereocenters. The number of hydrogen-bond donors (Lipinski definition) is 0. The number of ether oxygens (including phenoxy) is 3. The number of benzene rings is 1. The van der Waals surface area contributed by atoms with Gasteiger partial charge in [-0.1, -0.05) is 6.07 Å². The van der Waals surface area contributed by atoms with E-state index < -0.39 is 0 Å². The molecule has 0 saturated carbocycles. The molecular weight excluding hydrogens is 258 g/mol. The van der Waals surface area contributed by atoms with Gasteiger partial charge in [-0.25, -0.2) is 0 Å². The minimum atomic E-state index is -0.0101. The van der Waals surface area contributed by atoms with Gasteiger partial charge in [-0.15, -0.1) is 0 Å². The second-order valence-corrected chi connectivity index (χ2v) is 4.23. The van der Waals surface area contributed by atoms with Crippen LogP contribution in [0.3, 0.4) is 0 Å². The minimum Gasteiger partial charge on any atom is -0.493 e. The highest BCUT2D eigenvalue weighted by Crippen LogP contribution is 2.28. The van der Waals surface area contributed by atoms with Crippen LogP contribution in [0.15, 0.2) is 18.2 Å². The number of carbonyl (C=O) groups is 1. The molecule has 0 aliphatic carbocycles. The van der Waals surface area contributed by atoms with Gasteiger partial charge in [0.05, 0.1) is 14.2 Å². The smallest absolute Gasteiger partial charge is 0.248 e. The number of carbonyl (C=O) groups excluding carboxylic acids is 1. The summed E-state index contributed by atoms with van der Waals surface area (Å²) in [5.74, 6) is 1.34. The lowest BCUT2D eigenvalue weighted by Crippen LogP contribution is -2.33. The summed E-state index contributed by atoms with van der Waals surface area (Å²) in [6.07, 6.45) is 0. The Hall–Kier alpha value is -1.75. The van der Waals surface area contributed by atoms with E-state index in [0.717, 1.165) is 5.56 Å². The van der Waals surface area contributed by atoms with Crippen molar-refractivity contribution in [2.45, 2.75) is 20.4 Å². The molecule has 1 rings (SSSR count). The van der Waals surface area contributed by atoms with Crippen molar-refractivity contribution in [1.29, 1.82) is 0 Å². The molecule has 0 N–H and O–H groups in total. The van der Waals surface area contributed by atoms with Crippen LogP contribution in [0, 0.1) is 0 Å². The van der Waals surface area contributed by atoms with Crippen molar-refractivity contribution in [3.63, 3.8) is 0 Å². The van der Waals surface area contributed by atoms with Gasteiger partial charge in [-0.05, 0) is 31.5 Å². The summed E-state index contributed by atoms with van der Waals surface area (Å²) in [4.78, 5) is 13.7. The van der Waals surface area contributed by atoms with Crippen LogP contribution >= 0.6 is 0 Å². The molecule has 112 valence electrons. The van der Waals surface area contributed by atoms with E-state index in [2.05, 4.69) is 0 Å². The average molecular weight is 281 g/mol. The predicted octanol–water partition coefficient (Wildman–Crippen LogP) is 2.09. The Labute approximate surface area is 120 Å². The van der Waals surface area contributed by atoms with Crippen LogP contribution in [-0.2, 0) is 16.1 Å². The lowest BCUT2D eigenvalue weighted by Gasteiger charge is -2.21. The molecule has 5 nitrogen and oxygen atoms in total. The molecule has 1 aromatic carbocycles. The van der Waals surface area contributed by atoms with Gasteiger partial charge in [0.15, 0.2) is 11.5 Å². The molecule has 0 atom stereocenters. The van der Waals surface area contributed by atoms with Gasteiger partial charge < -0.3 is 19.1 Å². The first-order chi connectivity index (χ1) is 9.65. The van der Waals surface area contributed by atoms with Gasteiger partial charge in [-0.3, -0.25) is 4.79 Å². The third-order valence-electron chi connectivity index (χ3n) is 2.99. The fourth-order valence-corrected chi connectivity index (χ4v) is 1.86. The van der Waals surface area contributed by atoms with E-state index in [-0.39, 0.29) is 12.5 Å². The zero-order valence-electron chi connectivity index (χ0n) is 12.6. The van der Waals surface area contributed by atoms with Crippen LogP contribution in [0.25, 0.3) is 0 Å². The molecule has 0 spiro atoms. The highest BCUT2D eigenvalue weighted by Gasteiger charge is 2.13. The monoisotopic (exact) mass is 281 g/mol. The van der Waals surface area contributed by atoms with Crippen molar-refractivity contribution in [3.8, 4) is 11.5 Å². The molecule has 0 radical (unpaired) electrons. The molecule has 0 fully saturated rings. The van der Waals surface area contributed by atoms with Gasteiger partial charge >= 0.3 is 0 Å². The molecule has 1 amide bonds. The first-order valence-electron chi connectivity index (χ1n) is 6.72. The van der Waals surface area contributed by atoms with E-state index in [1.54, 1.807) is 19.1 Å². The fraction of sp³-hybridized carbons (Fsp3) is 0.533. The van der Waals surface area contributed by atoms with Crippen LogP contribution in [0.5, 0.6) is 11.5 Å². The summed E-state index contributed by atoms with van der Waals surface area (Å²) in [6, 6.07) is 5.66. The summed E-state index contributed by atoms with van der Waals surface area (Å²) in [6.45, 7) is 5.66. The first kappa shape index (κ1) is 16.3. The van der Waals surface area contributed by atoms with Crippen molar-refractivity contribution in [3.05, 3.63) is 23.8 Å². The van der Waals surface area contributed by atoms with E-state index >= 15 is 0 Å². The number of hydrogen-bond acceptors (Lipinski definition) is 4. The standard InChI is InChI=1S/C15H23NO4/c1-5-16(15(17)11-20-6-2)10-12-7-8-13(18-3)14(9-12)19-4/h7-9H,5-6,10-11H2,1-4H3. The summed E-state index contributed by atoms with van der Waals surface area (Å²) < 4.78 is 15.6. The zero-order chi connectivity index (χ0) is 15.0. The Morgan fingerprint density at radius 1 is 1.15 bits per heavy atom. The normalized spacial score (nSPS) is 10.2. The SMILES string of the molecule is CCOCC(=O)N(CC)Cc1ccc(OC)c(OC)c1. The predicted molar refractivity (Wildman–Crippen MR) is 77.1 cm³/mol. The first-order valence-corrected chi connectivity index (χ1v) is 6.72. The number of nitrogens with zero attached hydrogens (tertiary/aromatic N) is 1.